The number of fused-ring (bicyclic) bond motifs is 4. The minimum atomic E-state index is 0.159. The van der Waals surface area contributed by atoms with Crippen LogP contribution in [0.4, 0.5) is 0 Å². The van der Waals surface area contributed by atoms with E-state index in [-0.39, 0.29) is 5.91 Å². The zero-order valence-electron chi connectivity index (χ0n) is 14.9. The Morgan fingerprint density at radius 2 is 1.74 bits per heavy atom. The van der Waals surface area contributed by atoms with Gasteiger partial charge in [0, 0.05) is 22.9 Å². The third-order valence-electron chi connectivity index (χ3n) is 5.31. The van der Waals surface area contributed by atoms with Gasteiger partial charge in [-0.3, -0.25) is 4.79 Å². The molecule has 27 heavy (non-hydrogen) atoms. The van der Waals surface area contributed by atoms with Crippen molar-refractivity contribution in [2.45, 2.75) is 25.8 Å². The van der Waals surface area contributed by atoms with E-state index in [1.54, 1.807) is 0 Å². The Hall–Kier alpha value is -2.47. The minimum Gasteiger partial charge on any atom is -0.341 e. The van der Waals surface area contributed by atoms with Crippen LogP contribution in [0.15, 0.2) is 46.9 Å². The fraction of sp³-hybridized carbons (Fsp3) is 0.286. The van der Waals surface area contributed by atoms with Crippen molar-refractivity contribution >= 4 is 54.9 Å². The predicted octanol–water partition coefficient (Wildman–Crippen LogP) is 4.51. The third-order valence-corrected chi connectivity index (χ3v) is 5.81. The molecule has 6 heteroatoms. The van der Waals surface area contributed by atoms with Gasteiger partial charge in [-0.05, 0) is 49.6 Å². The largest absolute Gasteiger partial charge is 0.341 e. The number of para-hydroxylation sites is 2. The molecule has 0 unspecified atom stereocenters. The maximum Gasteiger partial charge on any atom is 0.242 e. The van der Waals surface area contributed by atoms with E-state index in [0.29, 0.717) is 6.54 Å². The number of nitrogens with zero attached hydrogens (tertiary/aromatic N) is 4. The Balaban J connectivity index is 1.70. The second-order valence-corrected chi connectivity index (χ2v) is 7.99. The normalized spacial score (nSPS) is 15.1. The van der Waals surface area contributed by atoms with Crippen LogP contribution >= 0.6 is 15.9 Å². The van der Waals surface area contributed by atoms with Crippen LogP contribution in [0, 0.1) is 0 Å². The van der Waals surface area contributed by atoms with Gasteiger partial charge < -0.3 is 9.47 Å². The molecule has 0 atom stereocenters. The van der Waals surface area contributed by atoms with Crippen molar-refractivity contribution in [3.8, 4) is 0 Å². The van der Waals surface area contributed by atoms with Crippen LogP contribution in [0.2, 0.25) is 0 Å². The smallest absolute Gasteiger partial charge is 0.242 e. The molecule has 0 spiro atoms. The molecule has 2 aromatic carbocycles. The summed E-state index contributed by atoms with van der Waals surface area (Å²) in [5, 5.41) is 1.02. The van der Waals surface area contributed by atoms with Gasteiger partial charge in [-0.15, -0.1) is 0 Å². The number of likely N-dealkylation sites (tertiary alicyclic amines) is 1. The quantitative estimate of drug-likeness (QED) is 0.477. The average Bonchev–Trinajstić information content (AvgIpc) is 2.99. The monoisotopic (exact) mass is 422 g/mol. The van der Waals surface area contributed by atoms with Crippen LogP contribution in [-0.4, -0.2) is 38.4 Å². The van der Waals surface area contributed by atoms with E-state index in [9.17, 15) is 4.79 Å². The summed E-state index contributed by atoms with van der Waals surface area (Å²) in [6, 6.07) is 14.0. The standard InChI is InChI=1S/C21H19BrN4O/c22-14-8-9-18-15(12-14)20-21(24-17-7-3-2-6-16(17)23-20)26(18)13-19(27)25-10-4-1-5-11-25/h2-3,6-9,12H,1,4-5,10-11,13H2. The number of rotatable bonds is 2. The SMILES string of the molecule is O=C(Cn1c2ccc(Br)cc2c2nc3ccccc3nc21)N1CCCCC1. The van der Waals surface area contributed by atoms with Crippen LogP contribution < -0.4 is 0 Å². The van der Waals surface area contributed by atoms with Crippen molar-refractivity contribution in [2.75, 3.05) is 13.1 Å². The number of halogens is 1. The summed E-state index contributed by atoms with van der Waals surface area (Å²) in [6.07, 6.45) is 3.40. The molecule has 3 heterocycles. The van der Waals surface area contributed by atoms with Gasteiger partial charge in [0.1, 0.15) is 12.1 Å². The highest BCUT2D eigenvalue weighted by atomic mass is 79.9. The van der Waals surface area contributed by atoms with Crippen molar-refractivity contribution in [3.05, 3.63) is 46.9 Å². The fourth-order valence-corrected chi connectivity index (χ4v) is 4.31. The Bertz CT molecular complexity index is 1180. The number of benzene rings is 2. The highest BCUT2D eigenvalue weighted by Gasteiger charge is 2.21. The molecule has 136 valence electrons. The molecule has 0 N–H and O–H groups in total. The molecular weight excluding hydrogens is 404 g/mol. The molecular formula is C21H19BrN4O. The van der Waals surface area contributed by atoms with Crippen molar-refractivity contribution in [1.82, 2.24) is 19.4 Å². The second-order valence-electron chi connectivity index (χ2n) is 7.07. The molecule has 5 rings (SSSR count). The van der Waals surface area contributed by atoms with Gasteiger partial charge in [0.05, 0.1) is 16.6 Å². The third kappa shape index (κ3) is 2.88. The molecule has 4 aromatic rings. The lowest BCUT2D eigenvalue weighted by molar-refractivity contribution is -0.132. The lowest BCUT2D eigenvalue weighted by Gasteiger charge is -2.27. The van der Waals surface area contributed by atoms with E-state index >= 15 is 0 Å². The van der Waals surface area contributed by atoms with Crippen molar-refractivity contribution in [3.63, 3.8) is 0 Å². The van der Waals surface area contributed by atoms with E-state index in [2.05, 4.69) is 22.0 Å². The molecule has 5 nitrogen and oxygen atoms in total. The van der Waals surface area contributed by atoms with E-state index in [1.807, 2.05) is 45.9 Å². The maximum atomic E-state index is 12.9. The summed E-state index contributed by atoms with van der Waals surface area (Å²) in [7, 11) is 0. The zero-order valence-corrected chi connectivity index (χ0v) is 16.4. The fourth-order valence-electron chi connectivity index (χ4n) is 3.95. The Morgan fingerprint density at radius 3 is 2.52 bits per heavy atom. The molecule has 0 radical (unpaired) electrons. The summed E-state index contributed by atoms with van der Waals surface area (Å²) in [4.78, 5) is 24.6. The van der Waals surface area contributed by atoms with Gasteiger partial charge in [-0.2, -0.15) is 0 Å². The van der Waals surface area contributed by atoms with Crippen LogP contribution in [-0.2, 0) is 11.3 Å². The lowest BCUT2D eigenvalue weighted by atomic mass is 10.1. The van der Waals surface area contributed by atoms with Crippen LogP contribution in [0.1, 0.15) is 19.3 Å². The van der Waals surface area contributed by atoms with Gasteiger partial charge >= 0.3 is 0 Å². The number of hydrogen-bond donors (Lipinski definition) is 0. The molecule has 0 saturated carbocycles. The predicted molar refractivity (Wildman–Crippen MR) is 111 cm³/mol. The average molecular weight is 423 g/mol. The number of carbonyl (C=O) groups is 1. The first-order chi connectivity index (χ1) is 13.2. The first-order valence-electron chi connectivity index (χ1n) is 9.33. The molecule has 0 bridgehead atoms. The summed E-state index contributed by atoms with van der Waals surface area (Å²) >= 11 is 3.56. The summed E-state index contributed by atoms with van der Waals surface area (Å²) < 4.78 is 3.01. The summed E-state index contributed by atoms with van der Waals surface area (Å²) in [6.45, 7) is 2.01. The van der Waals surface area contributed by atoms with Crippen molar-refractivity contribution in [2.24, 2.45) is 0 Å². The van der Waals surface area contributed by atoms with E-state index in [4.69, 9.17) is 9.97 Å². The summed E-state index contributed by atoms with van der Waals surface area (Å²) in [5.41, 5.74) is 4.32. The van der Waals surface area contributed by atoms with Crippen molar-refractivity contribution in [1.29, 1.82) is 0 Å². The van der Waals surface area contributed by atoms with Crippen LogP contribution in [0.5, 0.6) is 0 Å². The molecule has 2 aromatic heterocycles. The first-order valence-corrected chi connectivity index (χ1v) is 10.1. The molecule has 1 saturated heterocycles. The topological polar surface area (TPSA) is 51.0 Å². The number of amides is 1. The Labute approximate surface area is 165 Å². The second kappa shape index (κ2) is 6.60. The van der Waals surface area contributed by atoms with Crippen LogP contribution in [0.3, 0.4) is 0 Å². The molecule has 1 fully saturated rings. The highest BCUT2D eigenvalue weighted by Crippen LogP contribution is 2.30. The van der Waals surface area contributed by atoms with Gasteiger partial charge in [0.15, 0.2) is 5.65 Å². The van der Waals surface area contributed by atoms with Gasteiger partial charge in [-0.1, -0.05) is 28.1 Å². The zero-order chi connectivity index (χ0) is 18.4. The number of carbonyl (C=O) groups excluding carboxylic acids is 1. The molecule has 1 aliphatic heterocycles. The molecule has 1 aliphatic rings. The van der Waals surface area contributed by atoms with Crippen molar-refractivity contribution < 1.29 is 4.79 Å². The van der Waals surface area contributed by atoms with Gasteiger partial charge in [-0.25, -0.2) is 9.97 Å². The van der Waals surface area contributed by atoms with Gasteiger partial charge in [0.25, 0.3) is 0 Å². The Kier molecular flexibility index (Phi) is 4.08. The summed E-state index contributed by atoms with van der Waals surface area (Å²) in [5.74, 6) is 0.159. The number of hydrogen-bond acceptors (Lipinski definition) is 3. The van der Waals surface area contributed by atoms with E-state index in [1.165, 1.54) is 6.42 Å². The van der Waals surface area contributed by atoms with Crippen LogP contribution in [0.25, 0.3) is 33.1 Å². The highest BCUT2D eigenvalue weighted by molar-refractivity contribution is 9.10. The maximum absolute atomic E-state index is 12.9. The number of aromatic nitrogens is 3. The van der Waals surface area contributed by atoms with E-state index in [0.717, 1.165) is 63.5 Å². The molecule has 0 aliphatic carbocycles. The van der Waals surface area contributed by atoms with E-state index < -0.39 is 0 Å². The first kappa shape index (κ1) is 16.7. The number of piperidine rings is 1. The van der Waals surface area contributed by atoms with Gasteiger partial charge in [0.2, 0.25) is 5.91 Å². The lowest BCUT2D eigenvalue weighted by Crippen LogP contribution is -2.37. The minimum absolute atomic E-state index is 0.159. The Morgan fingerprint density at radius 1 is 1.00 bits per heavy atom. The molecule has 1 amide bonds.